The van der Waals surface area contributed by atoms with E-state index in [-0.39, 0.29) is 6.61 Å². The second-order valence-electron chi connectivity index (χ2n) is 3.18. The zero-order valence-electron chi connectivity index (χ0n) is 10.1. The fourth-order valence-electron chi connectivity index (χ4n) is 0.948. The molecule has 0 unspecified atom stereocenters. The summed E-state index contributed by atoms with van der Waals surface area (Å²) in [4.78, 5) is 21.7. The van der Waals surface area contributed by atoms with Gasteiger partial charge in [0.05, 0.1) is 7.11 Å². The first kappa shape index (κ1) is 15.2. The van der Waals surface area contributed by atoms with Crippen LogP contribution in [-0.4, -0.2) is 25.7 Å². The zero-order valence-corrected chi connectivity index (χ0v) is 10.1. The quantitative estimate of drug-likeness (QED) is 0.281. The third-order valence-electron chi connectivity index (χ3n) is 1.82. The van der Waals surface area contributed by atoms with Gasteiger partial charge < -0.3 is 9.47 Å². The molecule has 0 atom stereocenters. The van der Waals surface area contributed by atoms with Crippen molar-refractivity contribution in [2.24, 2.45) is 0 Å². The van der Waals surface area contributed by atoms with E-state index in [0.717, 1.165) is 31.4 Å². The third-order valence-corrected chi connectivity index (χ3v) is 1.82. The fourth-order valence-corrected chi connectivity index (χ4v) is 0.948. The molecule has 0 fully saturated rings. The second-order valence-corrected chi connectivity index (χ2v) is 3.18. The van der Waals surface area contributed by atoms with Crippen molar-refractivity contribution in [3.63, 3.8) is 0 Å². The van der Waals surface area contributed by atoms with Crippen LogP contribution in [0.25, 0.3) is 0 Å². The van der Waals surface area contributed by atoms with Crippen molar-refractivity contribution in [1.82, 2.24) is 0 Å². The van der Waals surface area contributed by atoms with Gasteiger partial charge in [-0.1, -0.05) is 18.2 Å². The maximum absolute atomic E-state index is 11.0. The van der Waals surface area contributed by atoms with E-state index in [1.165, 1.54) is 7.11 Å². The Morgan fingerprint density at radius 1 is 1.12 bits per heavy atom. The third kappa shape index (κ3) is 10.4. The highest BCUT2D eigenvalue weighted by atomic mass is 16.5. The van der Waals surface area contributed by atoms with Gasteiger partial charge in [0.25, 0.3) is 0 Å². The molecule has 0 amide bonds. The molecule has 0 aliphatic carbocycles. The molecule has 0 aliphatic rings. The van der Waals surface area contributed by atoms with Crippen molar-refractivity contribution in [1.29, 1.82) is 0 Å². The summed E-state index contributed by atoms with van der Waals surface area (Å²) in [6.45, 7) is 3.83. The number of esters is 2. The standard InChI is InChI=1S/C13H18O4/c1-3-4-5-6-7-8-11-17-13(15)10-9-12(14)16-2/h3,7-10H,1,4-6,11H2,2H3/b8-7?,10-9+. The summed E-state index contributed by atoms with van der Waals surface area (Å²) in [5.74, 6) is -1.15. The van der Waals surface area contributed by atoms with Crippen molar-refractivity contribution in [2.45, 2.75) is 19.3 Å². The Kier molecular flexibility index (Phi) is 9.52. The molecule has 4 heteroatoms. The van der Waals surface area contributed by atoms with Crippen LogP contribution < -0.4 is 0 Å². The molecule has 0 radical (unpaired) electrons. The first-order chi connectivity index (χ1) is 8.20. The number of hydrogen-bond acceptors (Lipinski definition) is 4. The van der Waals surface area contributed by atoms with Crippen molar-refractivity contribution >= 4 is 11.9 Å². The molecule has 0 heterocycles. The van der Waals surface area contributed by atoms with Crippen LogP contribution in [0, 0.1) is 0 Å². The first-order valence-corrected chi connectivity index (χ1v) is 5.39. The van der Waals surface area contributed by atoms with Crippen LogP contribution >= 0.6 is 0 Å². The fraction of sp³-hybridized carbons (Fsp3) is 0.385. The maximum atomic E-state index is 11.0. The van der Waals surface area contributed by atoms with Gasteiger partial charge in [-0.3, -0.25) is 0 Å². The van der Waals surface area contributed by atoms with Gasteiger partial charge in [0.15, 0.2) is 0 Å². The Labute approximate surface area is 102 Å². The molecule has 0 saturated heterocycles. The van der Waals surface area contributed by atoms with Crippen molar-refractivity contribution in [3.8, 4) is 0 Å². The van der Waals surface area contributed by atoms with Crippen LogP contribution in [0.5, 0.6) is 0 Å². The summed E-state index contributed by atoms with van der Waals surface area (Å²) in [5.41, 5.74) is 0. The Balaban J connectivity index is 3.60. The lowest BCUT2D eigenvalue weighted by atomic mass is 10.2. The molecule has 17 heavy (non-hydrogen) atoms. The summed E-state index contributed by atoms with van der Waals surface area (Å²) in [7, 11) is 1.24. The molecule has 0 aromatic rings. The molecule has 4 nitrogen and oxygen atoms in total. The van der Waals surface area contributed by atoms with Gasteiger partial charge in [-0.05, 0) is 19.3 Å². The number of carbonyl (C=O) groups is 2. The number of hydrogen-bond donors (Lipinski definition) is 0. The molecule has 0 spiro atoms. The summed E-state index contributed by atoms with van der Waals surface area (Å²) in [6.07, 6.45) is 10.6. The molecule has 0 rings (SSSR count). The predicted molar refractivity (Wildman–Crippen MR) is 65.3 cm³/mol. The van der Waals surface area contributed by atoms with E-state index in [9.17, 15) is 9.59 Å². The SMILES string of the molecule is C=CCCCC=CCOC(=O)/C=C/C(=O)OC. The van der Waals surface area contributed by atoms with Crippen LogP contribution in [0.15, 0.2) is 37.0 Å². The summed E-state index contributed by atoms with van der Waals surface area (Å²) in [6, 6.07) is 0. The van der Waals surface area contributed by atoms with E-state index < -0.39 is 11.9 Å². The Morgan fingerprint density at radius 3 is 2.47 bits per heavy atom. The zero-order chi connectivity index (χ0) is 12.9. The van der Waals surface area contributed by atoms with Gasteiger partial charge in [0, 0.05) is 12.2 Å². The van der Waals surface area contributed by atoms with E-state index in [2.05, 4.69) is 11.3 Å². The van der Waals surface area contributed by atoms with E-state index >= 15 is 0 Å². The van der Waals surface area contributed by atoms with Crippen molar-refractivity contribution < 1.29 is 19.1 Å². The average Bonchev–Trinajstić information content (AvgIpc) is 2.34. The van der Waals surface area contributed by atoms with Gasteiger partial charge in [0.2, 0.25) is 0 Å². The van der Waals surface area contributed by atoms with Crippen LogP contribution in [0.1, 0.15) is 19.3 Å². The summed E-state index contributed by atoms with van der Waals surface area (Å²) in [5, 5.41) is 0. The van der Waals surface area contributed by atoms with E-state index in [0.29, 0.717) is 0 Å². The molecule has 0 N–H and O–H groups in total. The Bertz CT molecular complexity index is 303. The maximum Gasteiger partial charge on any atom is 0.331 e. The number of rotatable bonds is 8. The van der Waals surface area contributed by atoms with E-state index in [1.807, 2.05) is 12.2 Å². The Hall–Kier alpha value is -1.84. The molecule has 94 valence electrons. The highest BCUT2D eigenvalue weighted by Crippen LogP contribution is 1.96. The predicted octanol–water partition coefficient (Wildman–Crippen LogP) is 2.17. The van der Waals surface area contributed by atoms with Crippen LogP contribution in [0.3, 0.4) is 0 Å². The number of carbonyl (C=O) groups excluding carboxylic acids is 2. The second kappa shape index (κ2) is 10.7. The lowest BCUT2D eigenvalue weighted by Gasteiger charge is -1.96. The molecule has 0 bridgehead atoms. The lowest BCUT2D eigenvalue weighted by Crippen LogP contribution is -2.02. The van der Waals surface area contributed by atoms with Crippen molar-refractivity contribution in [3.05, 3.63) is 37.0 Å². The molecular weight excluding hydrogens is 220 g/mol. The van der Waals surface area contributed by atoms with Crippen LogP contribution in [0.2, 0.25) is 0 Å². The highest BCUT2D eigenvalue weighted by Gasteiger charge is 1.97. The molecule has 0 aromatic heterocycles. The van der Waals surface area contributed by atoms with Crippen LogP contribution in [0.4, 0.5) is 0 Å². The number of unbranched alkanes of at least 4 members (excludes halogenated alkanes) is 2. The smallest absolute Gasteiger partial charge is 0.331 e. The molecule has 0 aromatic carbocycles. The lowest BCUT2D eigenvalue weighted by molar-refractivity contribution is -0.138. The highest BCUT2D eigenvalue weighted by molar-refractivity contribution is 5.91. The number of ether oxygens (including phenoxy) is 2. The summed E-state index contributed by atoms with van der Waals surface area (Å²) < 4.78 is 9.13. The monoisotopic (exact) mass is 238 g/mol. The molecular formula is C13H18O4. The normalized spacial score (nSPS) is 10.6. The van der Waals surface area contributed by atoms with Gasteiger partial charge >= 0.3 is 11.9 Å². The topological polar surface area (TPSA) is 52.6 Å². The Morgan fingerprint density at radius 2 is 1.82 bits per heavy atom. The average molecular weight is 238 g/mol. The number of allylic oxidation sites excluding steroid dienone is 2. The van der Waals surface area contributed by atoms with Gasteiger partial charge in [-0.2, -0.15) is 0 Å². The van der Waals surface area contributed by atoms with E-state index in [1.54, 1.807) is 6.08 Å². The van der Waals surface area contributed by atoms with Gasteiger partial charge in [-0.15, -0.1) is 6.58 Å². The van der Waals surface area contributed by atoms with E-state index in [4.69, 9.17) is 4.74 Å². The minimum absolute atomic E-state index is 0.207. The van der Waals surface area contributed by atoms with Crippen LogP contribution in [-0.2, 0) is 19.1 Å². The first-order valence-electron chi connectivity index (χ1n) is 5.39. The van der Waals surface area contributed by atoms with Crippen molar-refractivity contribution in [2.75, 3.05) is 13.7 Å². The minimum Gasteiger partial charge on any atom is -0.466 e. The largest absolute Gasteiger partial charge is 0.466 e. The van der Waals surface area contributed by atoms with Gasteiger partial charge in [0.1, 0.15) is 6.61 Å². The number of methoxy groups -OCH3 is 1. The van der Waals surface area contributed by atoms with Gasteiger partial charge in [-0.25, -0.2) is 9.59 Å². The molecule has 0 saturated carbocycles. The molecule has 0 aliphatic heterocycles. The summed E-state index contributed by atoms with van der Waals surface area (Å²) >= 11 is 0. The minimum atomic E-state index is -0.582.